The molecule has 0 unspecified atom stereocenters. The van der Waals surface area contributed by atoms with Crippen LogP contribution in [0.15, 0.2) is 85.3 Å². The third-order valence-corrected chi connectivity index (χ3v) is 8.40. The fourth-order valence-electron chi connectivity index (χ4n) is 5.49. The average molecular weight is 519 g/mol. The highest BCUT2D eigenvalue weighted by Gasteiger charge is 2.37. The van der Waals surface area contributed by atoms with Crippen LogP contribution in [0.2, 0.25) is 0 Å². The van der Waals surface area contributed by atoms with E-state index in [1.807, 2.05) is 66.9 Å². The fourth-order valence-corrected chi connectivity index (χ4v) is 6.42. The van der Waals surface area contributed by atoms with Gasteiger partial charge in [0.2, 0.25) is 0 Å². The minimum Gasteiger partial charge on any atom is -0.321 e. The molecule has 38 heavy (non-hydrogen) atoms. The first kappa shape index (κ1) is 23.2. The van der Waals surface area contributed by atoms with Crippen LogP contribution >= 0.6 is 11.3 Å². The van der Waals surface area contributed by atoms with Gasteiger partial charge in [-0.25, -0.2) is 9.97 Å². The van der Waals surface area contributed by atoms with Crippen molar-refractivity contribution in [3.05, 3.63) is 96.4 Å². The molecule has 1 amide bonds. The molecule has 7 nitrogen and oxygen atoms in total. The Labute approximate surface area is 224 Å². The Morgan fingerprint density at radius 2 is 1.97 bits per heavy atom. The Bertz CT molecular complexity index is 1630. The second-order valence-electron chi connectivity index (χ2n) is 9.93. The van der Waals surface area contributed by atoms with Gasteiger partial charge in [0, 0.05) is 67.0 Å². The molecular formula is C30H26N6OS. The summed E-state index contributed by atoms with van der Waals surface area (Å²) in [5, 5.41) is 7.51. The highest BCUT2D eigenvalue weighted by molar-refractivity contribution is 7.21. The van der Waals surface area contributed by atoms with E-state index in [2.05, 4.69) is 26.6 Å². The Morgan fingerprint density at radius 1 is 1.05 bits per heavy atom. The van der Waals surface area contributed by atoms with Gasteiger partial charge in [-0.2, -0.15) is 0 Å². The van der Waals surface area contributed by atoms with Gasteiger partial charge in [-0.3, -0.25) is 14.7 Å². The minimum atomic E-state index is -0.167. The van der Waals surface area contributed by atoms with E-state index < -0.39 is 0 Å². The number of fused-ring (bicyclic) bond motifs is 3. The number of nitrogens with one attached hydrogen (secondary N) is 2. The lowest BCUT2D eigenvalue weighted by molar-refractivity contribution is 0.102. The molecule has 2 aromatic carbocycles. The predicted octanol–water partition coefficient (Wildman–Crippen LogP) is 5.22. The summed E-state index contributed by atoms with van der Waals surface area (Å²) >= 11 is 1.55. The van der Waals surface area contributed by atoms with Gasteiger partial charge in [0.25, 0.3) is 5.91 Å². The van der Waals surface area contributed by atoms with Crippen molar-refractivity contribution in [3.63, 3.8) is 0 Å². The van der Waals surface area contributed by atoms with E-state index in [1.165, 1.54) is 12.0 Å². The molecule has 2 N–H and O–H groups in total. The van der Waals surface area contributed by atoms with Crippen LogP contribution in [-0.2, 0) is 6.54 Å². The molecule has 3 aromatic heterocycles. The molecule has 2 saturated heterocycles. The zero-order valence-electron chi connectivity index (χ0n) is 20.7. The number of amides is 1. The van der Waals surface area contributed by atoms with E-state index in [0.29, 0.717) is 17.6 Å². The number of benzene rings is 2. The van der Waals surface area contributed by atoms with Crippen molar-refractivity contribution in [2.45, 2.75) is 25.0 Å². The van der Waals surface area contributed by atoms with Gasteiger partial charge < -0.3 is 10.6 Å². The van der Waals surface area contributed by atoms with E-state index in [-0.39, 0.29) is 5.91 Å². The maximum Gasteiger partial charge on any atom is 0.255 e. The van der Waals surface area contributed by atoms with E-state index in [4.69, 9.17) is 9.97 Å². The standard InChI is InChI=1S/C30H26N6OS/c37-28(21-6-3-5-20(12-21)22-7-4-10-31-15-22)34-26-9-2-1-8-25(26)29-35-27-11-19(14-33-30(27)38-29)17-36-18-23-13-24(36)16-32-23/h1-12,14-15,23-24,32H,13,16-18H2,(H,34,37)/t23-,24-/m1/s1. The fraction of sp³-hybridized carbons (Fsp3) is 0.200. The molecule has 0 spiro atoms. The topological polar surface area (TPSA) is 83.0 Å². The lowest BCUT2D eigenvalue weighted by Gasteiger charge is -2.27. The highest BCUT2D eigenvalue weighted by Crippen LogP contribution is 2.35. The molecule has 188 valence electrons. The van der Waals surface area contributed by atoms with Crippen molar-refractivity contribution in [1.82, 2.24) is 25.2 Å². The minimum absolute atomic E-state index is 0.167. The van der Waals surface area contributed by atoms with Crippen LogP contribution in [-0.4, -0.2) is 50.9 Å². The number of hydrogen-bond donors (Lipinski definition) is 2. The van der Waals surface area contributed by atoms with E-state index in [9.17, 15) is 4.79 Å². The molecule has 2 fully saturated rings. The Kier molecular flexibility index (Phi) is 5.92. The zero-order valence-corrected chi connectivity index (χ0v) is 21.5. The normalized spacial score (nSPS) is 18.7. The third kappa shape index (κ3) is 4.47. The van der Waals surface area contributed by atoms with Gasteiger partial charge in [0.05, 0.1) is 5.69 Å². The van der Waals surface area contributed by atoms with E-state index in [1.54, 1.807) is 23.7 Å². The number of thiazole rings is 1. The van der Waals surface area contributed by atoms with Crippen LogP contribution < -0.4 is 10.6 Å². The second-order valence-corrected chi connectivity index (χ2v) is 10.9. The number of para-hydroxylation sites is 1. The van der Waals surface area contributed by atoms with Crippen LogP contribution in [0.25, 0.3) is 32.0 Å². The summed E-state index contributed by atoms with van der Waals surface area (Å²) in [7, 11) is 0. The smallest absolute Gasteiger partial charge is 0.255 e. The number of carbonyl (C=O) groups excluding carboxylic acids is 1. The summed E-state index contributed by atoms with van der Waals surface area (Å²) in [4.78, 5) is 30.5. The summed E-state index contributed by atoms with van der Waals surface area (Å²) in [6.45, 7) is 3.09. The Balaban J connectivity index is 1.13. The van der Waals surface area contributed by atoms with Gasteiger partial charge >= 0.3 is 0 Å². The number of anilines is 1. The van der Waals surface area contributed by atoms with Crippen LogP contribution in [0.4, 0.5) is 5.69 Å². The molecule has 0 aliphatic carbocycles. The number of pyridine rings is 2. The SMILES string of the molecule is O=C(Nc1ccccc1-c1nc2cc(CN3C[C@H]4C[C@@H]3CN4)cnc2s1)c1cccc(-c2cccnc2)c1. The van der Waals surface area contributed by atoms with Crippen LogP contribution in [0.5, 0.6) is 0 Å². The number of nitrogens with zero attached hydrogens (tertiary/aromatic N) is 4. The number of likely N-dealkylation sites (tertiary alicyclic amines) is 1. The number of carbonyl (C=O) groups is 1. The molecule has 7 rings (SSSR count). The first-order chi connectivity index (χ1) is 18.7. The summed E-state index contributed by atoms with van der Waals surface area (Å²) in [6.07, 6.45) is 6.76. The van der Waals surface area contributed by atoms with Crippen molar-refractivity contribution in [3.8, 4) is 21.7 Å². The number of piperazine rings is 1. The molecule has 2 aliphatic heterocycles. The van der Waals surface area contributed by atoms with Crippen molar-refractivity contribution >= 4 is 33.3 Å². The van der Waals surface area contributed by atoms with Gasteiger partial charge in [-0.15, -0.1) is 0 Å². The lowest BCUT2D eigenvalue weighted by Crippen LogP contribution is -2.42. The second kappa shape index (κ2) is 9.72. The monoisotopic (exact) mass is 518 g/mol. The maximum absolute atomic E-state index is 13.3. The maximum atomic E-state index is 13.3. The van der Waals surface area contributed by atoms with Gasteiger partial charge in [-0.1, -0.05) is 41.7 Å². The van der Waals surface area contributed by atoms with E-state index >= 15 is 0 Å². The Hall–Kier alpha value is -3.98. The molecule has 5 heterocycles. The number of aromatic nitrogens is 3. The summed E-state index contributed by atoms with van der Waals surface area (Å²) in [5.74, 6) is -0.167. The molecule has 0 saturated carbocycles. The largest absolute Gasteiger partial charge is 0.321 e. The summed E-state index contributed by atoms with van der Waals surface area (Å²) in [6, 6.07) is 22.7. The van der Waals surface area contributed by atoms with Crippen molar-refractivity contribution < 1.29 is 4.79 Å². The first-order valence-electron chi connectivity index (χ1n) is 12.8. The van der Waals surface area contributed by atoms with Crippen molar-refractivity contribution in [2.24, 2.45) is 0 Å². The van der Waals surface area contributed by atoms with Gasteiger partial charge in [-0.05, 0) is 53.9 Å². The molecule has 0 radical (unpaired) electrons. The first-order valence-corrected chi connectivity index (χ1v) is 13.7. The molecule has 8 heteroatoms. The van der Waals surface area contributed by atoms with Crippen LogP contribution in [0.3, 0.4) is 0 Å². The number of rotatable bonds is 6. The lowest BCUT2D eigenvalue weighted by atomic mass is 10.0. The zero-order chi connectivity index (χ0) is 25.5. The molecule has 2 atom stereocenters. The van der Waals surface area contributed by atoms with Crippen molar-refractivity contribution in [2.75, 3.05) is 18.4 Å². The van der Waals surface area contributed by atoms with Crippen molar-refractivity contribution in [1.29, 1.82) is 0 Å². The quantitative estimate of drug-likeness (QED) is 0.321. The van der Waals surface area contributed by atoms with Crippen LogP contribution in [0.1, 0.15) is 22.3 Å². The molecule has 5 aromatic rings. The van der Waals surface area contributed by atoms with E-state index in [0.717, 1.165) is 57.4 Å². The van der Waals surface area contributed by atoms with Gasteiger partial charge in [0.1, 0.15) is 15.4 Å². The third-order valence-electron chi connectivity index (χ3n) is 7.39. The summed E-state index contributed by atoms with van der Waals surface area (Å²) in [5.41, 5.74) is 6.21. The average Bonchev–Trinajstić information content (AvgIpc) is 3.70. The molecular weight excluding hydrogens is 492 g/mol. The summed E-state index contributed by atoms with van der Waals surface area (Å²) < 4.78 is 0. The van der Waals surface area contributed by atoms with Gasteiger partial charge in [0.15, 0.2) is 0 Å². The molecule has 2 bridgehead atoms. The Morgan fingerprint density at radius 3 is 2.82 bits per heavy atom. The highest BCUT2D eigenvalue weighted by atomic mass is 32.1. The van der Waals surface area contributed by atoms with Crippen LogP contribution in [0, 0.1) is 0 Å². The predicted molar refractivity (Wildman–Crippen MR) is 151 cm³/mol. The molecule has 2 aliphatic rings. The number of hydrogen-bond acceptors (Lipinski definition) is 7.